The van der Waals surface area contributed by atoms with E-state index in [9.17, 15) is 9.59 Å². The minimum absolute atomic E-state index is 0.197. The molecule has 1 heterocycles. The van der Waals surface area contributed by atoms with E-state index >= 15 is 0 Å². The van der Waals surface area contributed by atoms with Gasteiger partial charge in [-0.05, 0) is 26.3 Å². The summed E-state index contributed by atoms with van der Waals surface area (Å²) in [5, 5.41) is 2.90. The van der Waals surface area contributed by atoms with Gasteiger partial charge in [-0.3, -0.25) is 9.69 Å². The van der Waals surface area contributed by atoms with Crippen molar-refractivity contribution in [3.63, 3.8) is 0 Å². The quantitative estimate of drug-likeness (QED) is 0.769. The number of rotatable bonds is 6. The van der Waals surface area contributed by atoms with Crippen LogP contribution >= 0.6 is 11.8 Å². The average molecular weight is 381 g/mol. The third kappa shape index (κ3) is 6.88. The molecule has 1 aromatic carbocycles. The highest BCUT2D eigenvalue weighted by Gasteiger charge is 2.35. The molecule has 0 bridgehead atoms. The number of carbonyl (C=O) groups is 2. The van der Waals surface area contributed by atoms with E-state index in [-0.39, 0.29) is 12.5 Å². The third-order valence-electron chi connectivity index (χ3n) is 3.72. The van der Waals surface area contributed by atoms with Crippen LogP contribution in [0.15, 0.2) is 30.3 Å². The fourth-order valence-corrected chi connectivity index (χ4v) is 3.31. The first-order valence-electron chi connectivity index (χ1n) is 8.83. The highest BCUT2D eigenvalue weighted by Crippen LogP contribution is 2.15. The second-order valence-corrected chi connectivity index (χ2v) is 8.20. The molecule has 1 atom stereocenters. The van der Waals surface area contributed by atoms with Gasteiger partial charge >= 0.3 is 6.09 Å². The summed E-state index contributed by atoms with van der Waals surface area (Å²) in [5.74, 6) is 1.52. The molecule has 1 aliphatic rings. The van der Waals surface area contributed by atoms with E-state index in [1.54, 1.807) is 11.8 Å². The second kappa shape index (κ2) is 9.83. The summed E-state index contributed by atoms with van der Waals surface area (Å²) in [4.78, 5) is 26.2. The van der Waals surface area contributed by atoms with Crippen LogP contribution in [0.5, 0.6) is 0 Å². The van der Waals surface area contributed by atoms with Crippen molar-refractivity contribution in [2.24, 2.45) is 0 Å². The summed E-state index contributed by atoms with van der Waals surface area (Å²) < 4.78 is 10.8. The highest BCUT2D eigenvalue weighted by molar-refractivity contribution is 7.98. The predicted molar refractivity (Wildman–Crippen MR) is 103 cm³/mol. The van der Waals surface area contributed by atoms with Crippen molar-refractivity contribution < 1.29 is 19.1 Å². The molecule has 0 spiro atoms. The van der Waals surface area contributed by atoms with E-state index < -0.39 is 17.7 Å². The van der Waals surface area contributed by atoms with Crippen molar-refractivity contribution in [1.29, 1.82) is 0 Å². The van der Waals surface area contributed by atoms with Gasteiger partial charge in [-0.25, -0.2) is 4.79 Å². The number of hydrogen-bond donors (Lipinski definition) is 1. The molecule has 0 aliphatic carbocycles. The summed E-state index contributed by atoms with van der Waals surface area (Å²) in [6.07, 6.45) is -0.473. The Bertz CT molecular complexity index is 589. The lowest BCUT2D eigenvalue weighted by Gasteiger charge is -2.35. The summed E-state index contributed by atoms with van der Waals surface area (Å²) in [6, 6.07) is 9.57. The molecule has 2 rings (SSSR count). The van der Waals surface area contributed by atoms with Crippen LogP contribution in [0.25, 0.3) is 0 Å². The number of nitrogens with zero attached hydrogens (tertiary/aromatic N) is 1. The maximum Gasteiger partial charge on any atom is 0.411 e. The maximum atomic E-state index is 12.5. The molecule has 1 saturated heterocycles. The maximum absolute atomic E-state index is 12.5. The Morgan fingerprint density at radius 1 is 1.31 bits per heavy atom. The summed E-state index contributed by atoms with van der Waals surface area (Å²) in [6.45, 7) is 6.95. The van der Waals surface area contributed by atoms with Crippen LogP contribution in [0.4, 0.5) is 4.79 Å². The number of thioether (sulfide) groups is 1. The van der Waals surface area contributed by atoms with Crippen molar-refractivity contribution in [3.05, 3.63) is 35.9 Å². The zero-order chi connectivity index (χ0) is 19.0. The molecule has 1 aliphatic heterocycles. The van der Waals surface area contributed by atoms with Gasteiger partial charge in [-0.15, -0.1) is 0 Å². The molecule has 0 aromatic heterocycles. The lowest BCUT2D eigenvalue weighted by atomic mass is 10.2. The topological polar surface area (TPSA) is 67.9 Å². The van der Waals surface area contributed by atoms with Gasteiger partial charge in [0.2, 0.25) is 5.91 Å². The molecule has 2 amide bonds. The van der Waals surface area contributed by atoms with Gasteiger partial charge in [0.1, 0.15) is 11.6 Å². The van der Waals surface area contributed by atoms with Gasteiger partial charge in [0.15, 0.2) is 0 Å². The Hall–Kier alpha value is -1.73. The standard InChI is InChI=1S/C19H28N2O4S/c1-19(2,3)25-18(23)21-10-11-24-13-16(21)17(22)20-9-12-26-14-15-7-5-4-6-8-15/h4-8,16H,9-14H2,1-3H3,(H,20,22)/t16-/m1/s1. The van der Waals surface area contributed by atoms with Crippen molar-refractivity contribution in [1.82, 2.24) is 10.2 Å². The average Bonchev–Trinajstić information content (AvgIpc) is 2.60. The number of nitrogens with one attached hydrogen (secondary N) is 1. The van der Waals surface area contributed by atoms with Crippen LogP contribution in [-0.2, 0) is 20.0 Å². The van der Waals surface area contributed by atoms with E-state index in [1.165, 1.54) is 10.5 Å². The molecule has 1 fully saturated rings. The number of benzene rings is 1. The summed E-state index contributed by atoms with van der Waals surface area (Å²) >= 11 is 1.76. The SMILES string of the molecule is CC(C)(C)OC(=O)N1CCOC[C@@H]1C(=O)NCCSCc1ccccc1. The van der Waals surface area contributed by atoms with E-state index in [4.69, 9.17) is 9.47 Å². The Kier molecular flexibility index (Phi) is 7.78. The Morgan fingerprint density at radius 3 is 2.73 bits per heavy atom. The minimum Gasteiger partial charge on any atom is -0.444 e. The number of ether oxygens (including phenoxy) is 2. The van der Waals surface area contributed by atoms with Crippen molar-refractivity contribution in [3.8, 4) is 0 Å². The second-order valence-electron chi connectivity index (χ2n) is 7.09. The van der Waals surface area contributed by atoms with Crippen LogP contribution in [0, 0.1) is 0 Å². The van der Waals surface area contributed by atoms with Gasteiger partial charge in [0, 0.05) is 24.6 Å². The van der Waals surface area contributed by atoms with Crippen LogP contribution in [-0.4, -0.2) is 60.6 Å². The molecule has 6 nitrogen and oxygen atoms in total. The van der Waals surface area contributed by atoms with Gasteiger partial charge in [-0.1, -0.05) is 30.3 Å². The van der Waals surface area contributed by atoms with Gasteiger partial charge < -0.3 is 14.8 Å². The van der Waals surface area contributed by atoms with E-state index in [1.807, 2.05) is 39.0 Å². The number of hydrogen-bond acceptors (Lipinski definition) is 5. The van der Waals surface area contributed by atoms with Gasteiger partial charge in [-0.2, -0.15) is 11.8 Å². The van der Waals surface area contributed by atoms with Crippen LogP contribution < -0.4 is 5.32 Å². The zero-order valence-electron chi connectivity index (χ0n) is 15.7. The molecular weight excluding hydrogens is 352 g/mol. The van der Waals surface area contributed by atoms with Crippen molar-refractivity contribution in [2.45, 2.75) is 38.2 Å². The first-order valence-corrected chi connectivity index (χ1v) is 9.99. The molecule has 0 radical (unpaired) electrons. The molecule has 0 saturated carbocycles. The Labute approximate surface area is 159 Å². The van der Waals surface area contributed by atoms with Gasteiger partial charge in [0.25, 0.3) is 0 Å². The van der Waals surface area contributed by atoms with E-state index in [2.05, 4.69) is 17.4 Å². The molecule has 1 aromatic rings. The number of morpholine rings is 1. The highest BCUT2D eigenvalue weighted by atomic mass is 32.2. The molecule has 26 heavy (non-hydrogen) atoms. The zero-order valence-corrected chi connectivity index (χ0v) is 16.5. The van der Waals surface area contributed by atoms with Crippen LogP contribution in [0.3, 0.4) is 0 Å². The molecule has 0 unspecified atom stereocenters. The Morgan fingerprint density at radius 2 is 2.04 bits per heavy atom. The predicted octanol–water partition coefficient (Wildman–Crippen LogP) is 2.67. The molecule has 1 N–H and O–H groups in total. The Balaban J connectivity index is 1.76. The molecule has 7 heteroatoms. The van der Waals surface area contributed by atoms with E-state index in [0.717, 1.165) is 11.5 Å². The summed E-state index contributed by atoms with van der Waals surface area (Å²) in [5.41, 5.74) is 0.672. The monoisotopic (exact) mass is 380 g/mol. The normalized spacial score (nSPS) is 17.7. The summed E-state index contributed by atoms with van der Waals surface area (Å²) in [7, 11) is 0. The lowest BCUT2D eigenvalue weighted by Crippen LogP contribution is -2.57. The van der Waals surface area contributed by atoms with Gasteiger partial charge in [0.05, 0.1) is 13.2 Å². The fourth-order valence-electron chi connectivity index (χ4n) is 2.49. The number of carbonyl (C=O) groups excluding carboxylic acids is 2. The first-order chi connectivity index (χ1) is 12.4. The molecule has 144 valence electrons. The smallest absolute Gasteiger partial charge is 0.411 e. The van der Waals surface area contributed by atoms with E-state index in [0.29, 0.717) is 19.7 Å². The van der Waals surface area contributed by atoms with Crippen molar-refractivity contribution in [2.75, 3.05) is 32.1 Å². The van der Waals surface area contributed by atoms with Crippen LogP contribution in [0.1, 0.15) is 26.3 Å². The number of amides is 2. The van der Waals surface area contributed by atoms with Crippen LogP contribution in [0.2, 0.25) is 0 Å². The minimum atomic E-state index is -0.641. The lowest BCUT2D eigenvalue weighted by molar-refractivity contribution is -0.132. The largest absolute Gasteiger partial charge is 0.444 e. The fraction of sp³-hybridized carbons (Fsp3) is 0.579. The third-order valence-corrected chi connectivity index (χ3v) is 4.75. The molecular formula is C19H28N2O4S. The first kappa shape index (κ1) is 20.6. The van der Waals surface area contributed by atoms with Crippen molar-refractivity contribution >= 4 is 23.8 Å².